The molecule has 0 aliphatic carbocycles. The third-order valence-corrected chi connectivity index (χ3v) is 5.90. The van der Waals surface area contributed by atoms with Crippen molar-refractivity contribution in [2.24, 2.45) is 0 Å². The monoisotopic (exact) mass is 451 g/mol. The van der Waals surface area contributed by atoms with Crippen LogP contribution in [0.25, 0.3) is 21.7 Å². The second-order valence-electron chi connectivity index (χ2n) is 8.16. The quantitative estimate of drug-likeness (QED) is 0.289. The van der Waals surface area contributed by atoms with Crippen molar-refractivity contribution in [2.75, 3.05) is 0 Å². The second kappa shape index (κ2) is 8.75. The highest BCUT2D eigenvalue weighted by atomic mass is 16.5. The van der Waals surface area contributed by atoms with Gasteiger partial charge >= 0.3 is 11.9 Å². The van der Waals surface area contributed by atoms with Crippen LogP contribution in [0.2, 0.25) is 0 Å². The summed E-state index contributed by atoms with van der Waals surface area (Å²) in [5.41, 5.74) is 4.03. The average molecular weight is 451 g/mol. The van der Waals surface area contributed by atoms with Crippen LogP contribution in [0, 0.1) is 0 Å². The zero-order chi connectivity index (χ0) is 23.7. The normalized spacial score (nSPS) is 11.1. The summed E-state index contributed by atoms with van der Waals surface area (Å²) < 4.78 is 5.51. The molecule has 0 spiro atoms. The van der Waals surface area contributed by atoms with Gasteiger partial charge in [-0.1, -0.05) is 36.4 Å². The number of hydrogen-bond donors (Lipinski definition) is 3. The molecule has 6 nitrogen and oxygen atoms in total. The number of carbonyl (C=O) groups is 2. The first-order valence-corrected chi connectivity index (χ1v) is 10.8. The van der Waals surface area contributed by atoms with Gasteiger partial charge in [-0.05, 0) is 69.9 Å². The molecule has 0 atom stereocenters. The first-order valence-electron chi connectivity index (χ1n) is 10.8. The van der Waals surface area contributed by atoms with Crippen LogP contribution in [0.5, 0.6) is 5.75 Å². The smallest absolute Gasteiger partial charge is 0.338 e. The second-order valence-corrected chi connectivity index (χ2v) is 8.16. The number of phenols is 1. The molecule has 0 bridgehead atoms. The lowest BCUT2D eigenvalue weighted by Crippen LogP contribution is -2.05. The molecular formula is C28H21NO5. The summed E-state index contributed by atoms with van der Waals surface area (Å²) in [6.07, 6.45) is 2.29. The maximum Gasteiger partial charge on any atom is 0.338 e. The Labute approximate surface area is 195 Å². The Hall–Kier alpha value is -4.58. The molecule has 168 valence electrons. The molecule has 1 aromatic heterocycles. The number of benzene rings is 4. The van der Waals surface area contributed by atoms with Crippen LogP contribution >= 0.6 is 0 Å². The van der Waals surface area contributed by atoms with Gasteiger partial charge < -0.3 is 19.9 Å². The molecule has 0 fully saturated rings. The molecule has 4 aromatic carbocycles. The number of carboxylic acids is 1. The molecule has 34 heavy (non-hydrogen) atoms. The highest BCUT2D eigenvalue weighted by Gasteiger charge is 2.13. The molecule has 0 radical (unpaired) electrons. The predicted octanol–water partition coefficient (Wildman–Crippen LogP) is 5.67. The molecule has 0 unspecified atom stereocenters. The minimum atomic E-state index is -0.982. The summed E-state index contributed by atoms with van der Waals surface area (Å²) in [6.45, 7) is 0.149. The van der Waals surface area contributed by atoms with E-state index in [2.05, 4.69) is 4.98 Å². The van der Waals surface area contributed by atoms with Gasteiger partial charge in [-0.3, -0.25) is 0 Å². The van der Waals surface area contributed by atoms with Gasteiger partial charge in [0.05, 0.1) is 11.1 Å². The van der Waals surface area contributed by atoms with E-state index in [4.69, 9.17) is 9.84 Å². The fourth-order valence-corrected chi connectivity index (χ4v) is 4.03. The molecule has 5 aromatic rings. The molecule has 6 heteroatoms. The average Bonchev–Trinajstić information content (AvgIpc) is 3.32. The van der Waals surface area contributed by atoms with Gasteiger partial charge in [0.25, 0.3) is 0 Å². The Morgan fingerprint density at radius 3 is 2.32 bits per heavy atom. The topological polar surface area (TPSA) is 99.6 Å². The van der Waals surface area contributed by atoms with Crippen LogP contribution in [0.15, 0.2) is 85.1 Å². The van der Waals surface area contributed by atoms with Crippen molar-refractivity contribution in [1.82, 2.24) is 4.98 Å². The number of nitrogens with one attached hydrogen (secondary N) is 1. The summed E-state index contributed by atoms with van der Waals surface area (Å²) in [5.74, 6) is -1.36. The largest absolute Gasteiger partial charge is 0.507 e. The van der Waals surface area contributed by atoms with E-state index in [1.807, 2.05) is 42.6 Å². The van der Waals surface area contributed by atoms with Crippen LogP contribution in [0.4, 0.5) is 0 Å². The molecular weight excluding hydrogens is 430 g/mol. The summed E-state index contributed by atoms with van der Waals surface area (Å²) in [4.78, 5) is 26.9. The molecule has 0 saturated heterocycles. The van der Waals surface area contributed by atoms with E-state index in [1.165, 1.54) is 12.1 Å². The van der Waals surface area contributed by atoms with Crippen molar-refractivity contribution in [3.63, 3.8) is 0 Å². The Bertz CT molecular complexity index is 1530. The molecule has 5 rings (SSSR count). The number of fused-ring (bicyclic) bond motifs is 2. The van der Waals surface area contributed by atoms with Crippen LogP contribution in [-0.4, -0.2) is 27.1 Å². The highest BCUT2D eigenvalue weighted by molar-refractivity contribution is 5.98. The molecule has 3 N–H and O–H groups in total. The number of hydrogen-bond acceptors (Lipinski definition) is 4. The number of aromatic nitrogens is 1. The van der Waals surface area contributed by atoms with E-state index in [9.17, 15) is 14.7 Å². The number of carbonyl (C=O) groups excluding carboxylic acids is 1. The van der Waals surface area contributed by atoms with Crippen molar-refractivity contribution in [1.29, 1.82) is 0 Å². The summed E-state index contributed by atoms with van der Waals surface area (Å²) >= 11 is 0. The predicted molar refractivity (Wildman–Crippen MR) is 129 cm³/mol. The third kappa shape index (κ3) is 4.21. The number of aromatic hydroxyl groups is 1. The van der Waals surface area contributed by atoms with Crippen molar-refractivity contribution in [2.45, 2.75) is 13.0 Å². The number of carboxylic acid groups (broad SMARTS) is 1. The maximum absolute atomic E-state index is 12.7. The van der Waals surface area contributed by atoms with E-state index in [0.717, 1.165) is 27.4 Å². The van der Waals surface area contributed by atoms with E-state index < -0.39 is 11.9 Å². The number of aromatic amines is 1. The fraction of sp³-hybridized carbons (Fsp3) is 0.0714. The van der Waals surface area contributed by atoms with Crippen LogP contribution in [0.3, 0.4) is 0 Å². The fourth-order valence-electron chi connectivity index (χ4n) is 4.03. The van der Waals surface area contributed by atoms with Gasteiger partial charge in [0.1, 0.15) is 12.4 Å². The zero-order valence-corrected chi connectivity index (χ0v) is 18.1. The van der Waals surface area contributed by atoms with E-state index in [1.54, 1.807) is 30.3 Å². The number of esters is 1. The molecule has 1 heterocycles. The first-order chi connectivity index (χ1) is 16.5. The molecule has 0 amide bonds. The number of H-pyrrole nitrogens is 1. The minimum absolute atomic E-state index is 0.0902. The lowest BCUT2D eigenvalue weighted by molar-refractivity contribution is 0.0472. The number of rotatable bonds is 6. The van der Waals surface area contributed by atoms with Crippen LogP contribution in [-0.2, 0) is 17.8 Å². The van der Waals surface area contributed by atoms with Gasteiger partial charge in [0.15, 0.2) is 0 Å². The summed E-state index contributed by atoms with van der Waals surface area (Å²) in [6, 6.07) is 23.1. The first kappa shape index (κ1) is 21.3. The van der Waals surface area contributed by atoms with Crippen molar-refractivity contribution < 1.29 is 24.5 Å². The van der Waals surface area contributed by atoms with Gasteiger partial charge in [-0.15, -0.1) is 0 Å². The summed E-state index contributed by atoms with van der Waals surface area (Å²) in [5, 5.41) is 22.4. The van der Waals surface area contributed by atoms with Crippen LogP contribution < -0.4 is 0 Å². The third-order valence-electron chi connectivity index (χ3n) is 5.90. The molecule has 0 aliphatic heterocycles. The zero-order valence-electron chi connectivity index (χ0n) is 18.1. The van der Waals surface area contributed by atoms with Gasteiger partial charge in [-0.2, -0.15) is 0 Å². The van der Waals surface area contributed by atoms with Gasteiger partial charge in [0.2, 0.25) is 0 Å². The SMILES string of the molecule is O=C(O)c1ccc(Cc2ccc3ccc(C(=O)OCc4ccc5[nH]ccc5c4)cc3c2O)cc1. The number of ether oxygens (including phenoxy) is 1. The Balaban J connectivity index is 1.35. The van der Waals surface area contributed by atoms with Crippen molar-refractivity contribution in [3.8, 4) is 5.75 Å². The standard InChI is InChI=1S/C28H21NO5/c30-26-22(13-17-1-4-20(5-2-17)27(31)32)8-6-19-7-9-23(15-24(19)26)28(33)34-16-18-3-10-25-21(14-18)11-12-29-25/h1-12,14-15,29-30H,13,16H2,(H,31,32). The van der Waals surface area contributed by atoms with Gasteiger partial charge in [0, 0.05) is 23.5 Å². The van der Waals surface area contributed by atoms with E-state index in [-0.39, 0.29) is 17.9 Å². The Kier molecular flexibility index (Phi) is 5.47. The summed E-state index contributed by atoms with van der Waals surface area (Å²) in [7, 11) is 0. The maximum atomic E-state index is 12.7. The molecule has 0 saturated carbocycles. The van der Waals surface area contributed by atoms with Crippen molar-refractivity contribution >= 4 is 33.6 Å². The lowest BCUT2D eigenvalue weighted by atomic mass is 9.98. The van der Waals surface area contributed by atoms with Crippen molar-refractivity contribution in [3.05, 3.63) is 113 Å². The number of phenolic OH excluding ortho intramolecular Hbond substituents is 1. The van der Waals surface area contributed by atoms with Gasteiger partial charge in [-0.25, -0.2) is 9.59 Å². The van der Waals surface area contributed by atoms with Crippen LogP contribution in [0.1, 0.15) is 37.4 Å². The minimum Gasteiger partial charge on any atom is -0.507 e. The number of aromatic carboxylic acids is 1. The lowest BCUT2D eigenvalue weighted by Gasteiger charge is -2.11. The molecule has 0 aliphatic rings. The van der Waals surface area contributed by atoms with E-state index in [0.29, 0.717) is 22.9 Å². The Morgan fingerprint density at radius 1 is 0.794 bits per heavy atom. The highest BCUT2D eigenvalue weighted by Crippen LogP contribution is 2.31. The Morgan fingerprint density at radius 2 is 1.53 bits per heavy atom. The van der Waals surface area contributed by atoms with E-state index >= 15 is 0 Å².